The molecule has 1 saturated heterocycles. The summed E-state index contributed by atoms with van der Waals surface area (Å²) in [7, 11) is 1.67. The number of rotatable bonds is 3. The average molecular weight is 397 g/mol. The predicted octanol–water partition coefficient (Wildman–Crippen LogP) is 3.71. The van der Waals surface area contributed by atoms with E-state index >= 15 is 0 Å². The number of methoxy groups -OCH3 is 1. The first-order valence-corrected chi connectivity index (χ1v) is 10.4. The van der Waals surface area contributed by atoms with Gasteiger partial charge in [0.1, 0.15) is 5.69 Å². The predicted molar refractivity (Wildman–Crippen MR) is 119 cm³/mol. The lowest BCUT2D eigenvalue weighted by molar-refractivity contribution is 0.388. The molecule has 0 spiro atoms. The highest BCUT2D eigenvalue weighted by molar-refractivity contribution is 7.80. The topological polar surface area (TPSA) is 40.6 Å². The van der Waals surface area contributed by atoms with Gasteiger partial charge in [-0.05, 0) is 80.2 Å². The average Bonchev–Trinajstić information content (AvgIpc) is 3.14. The molecule has 2 aliphatic rings. The Kier molecular flexibility index (Phi) is 5.40. The molecule has 6 heteroatoms. The smallest absolute Gasteiger partial charge is 0.237 e. The zero-order chi connectivity index (χ0) is 19.7. The molecule has 1 aliphatic heterocycles. The number of nitrogens with one attached hydrogen (secondary N) is 1. The summed E-state index contributed by atoms with van der Waals surface area (Å²) in [6.45, 7) is 8.04. The van der Waals surface area contributed by atoms with Crippen LogP contribution in [-0.2, 0) is 12.8 Å². The number of hydrogen-bond donors (Lipinski definition) is 1. The fourth-order valence-electron chi connectivity index (χ4n) is 4.19. The number of fused-ring (bicyclic) bond motifs is 1. The van der Waals surface area contributed by atoms with Gasteiger partial charge in [-0.1, -0.05) is 6.07 Å². The molecule has 1 aromatic carbocycles. The number of piperazine rings is 1. The summed E-state index contributed by atoms with van der Waals surface area (Å²) < 4.78 is 5.50. The van der Waals surface area contributed by atoms with Gasteiger partial charge in [-0.3, -0.25) is 0 Å². The molecule has 1 aromatic heterocycles. The Morgan fingerprint density at radius 1 is 1.04 bits per heavy atom. The third kappa shape index (κ3) is 3.92. The highest BCUT2D eigenvalue weighted by Crippen LogP contribution is 2.30. The fourth-order valence-corrected chi connectivity index (χ4v) is 4.49. The molecular formula is C22H28N4OS. The van der Waals surface area contributed by atoms with E-state index in [2.05, 4.69) is 58.2 Å². The number of aromatic nitrogens is 1. The molecule has 0 unspecified atom stereocenters. The standard InChI is InChI=1S/C22H28N4OS/c1-15-11-16(2)13-18(12-15)25-7-9-26(10-8-25)22(28)24-20-14-17-5-4-6-19(17)23-21(20)27-3/h11-14H,4-10H2,1-3H3,(H,24,28). The summed E-state index contributed by atoms with van der Waals surface area (Å²) in [4.78, 5) is 9.35. The van der Waals surface area contributed by atoms with Crippen molar-refractivity contribution >= 4 is 28.7 Å². The van der Waals surface area contributed by atoms with Crippen molar-refractivity contribution in [1.82, 2.24) is 9.88 Å². The second-order valence-corrected chi connectivity index (χ2v) is 8.14. The Morgan fingerprint density at radius 3 is 2.43 bits per heavy atom. The monoisotopic (exact) mass is 396 g/mol. The first kappa shape index (κ1) is 19.0. The van der Waals surface area contributed by atoms with E-state index < -0.39 is 0 Å². The van der Waals surface area contributed by atoms with E-state index in [0.29, 0.717) is 5.88 Å². The van der Waals surface area contributed by atoms with Gasteiger partial charge in [0.25, 0.3) is 0 Å². The van der Waals surface area contributed by atoms with Gasteiger partial charge in [0.15, 0.2) is 5.11 Å². The maximum atomic E-state index is 5.70. The molecule has 4 rings (SSSR count). The SMILES string of the molecule is COc1nc2c(cc1NC(=S)N1CCN(c3cc(C)cc(C)c3)CC1)CCC2. The molecule has 5 nitrogen and oxygen atoms in total. The number of pyridine rings is 1. The summed E-state index contributed by atoms with van der Waals surface area (Å²) >= 11 is 5.70. The number of anilines is 2. The Morgan fingerprint density at radius 2 is 1.75 bits per heavy atom. The van der Waals surface area contributed by atoms with Crippen molar-refractivity contribution in [3.63, 3.8) is 0 Å². The van der Waals surface area contributed by atoms with Crippen LogP contribution in [0, 0.1) is 13.8 Å². The van der Waals surface area contributed by atoms with Crippen LogP contribution in [-0.4, -0.2) is 48.3 Å². The van der Waals surface area contributed by atoms with E-state index in [1.165, 1.54) is 28.8 Å². The summed E-state index contributed by atoms with van der Waals surface area (Å²) in [6.07, 6.45) is 3.29. The first-order chi connectivity index (χ1) is 13.5. The van der Waals surface area contributed by atoms with Crippen molar-refractivity contribution < 1.29 is 4.74 Å². The molecule has 28 heavy (non-hydrogen) atoms. The van der Waals surface area contributed by atoms with Crippen molar-refractivity contribution in [3.05, 3.63) is 46.6 Å². The summed E-state index contributed by atoms with van der Waals surface area (Å²) in [5, 5.41) is 4.13. The number of ether oxygens (including phenoxy) is 1. The molecule has 1 fully saturated rings. The highest BCUT2D eigenvalue weighted by Gasteiger charge is 2.22. The molecule has 0 amide bonds. The van der Waals surface area contributed by atoms with Crippen molar-refractivity contribution in [2.75, 3.05) is 43.5 Å². The quantitative estimate of drug-likeness (QED) is 0.798. The molecule has 2 heterocycles. The van der Waals surface area contributed by atoms with Gasteiger partial charge < -0.3 is 19.9 Å². The highest BCUT2D eigenvalue weighted by atomic mass is 32.1. The molecule has 0 bridgehead atoms. The van der Waals surface area contributed by atoms with Crippen molar-refractivity contribution in [1.29, 1.82) is 0 Å². The molecule has 0 atom stereocenters. The van der Waals surface area contributed by atoms with E-state index in [-0.39, 0.29) is 0 Å². The van der Waals surface area contributed by atoms with Crippen molar-refractivity contribution in [3.8, 4) is 5.88 Å². The second kappa shape index (κ2) is 7.95. The Balaban J connectivity index is 1.41. The third-order valence-electron chi connectivity index (χ3n) is 5.59. The Hall–Kier alpha value is -2.34. The number of aryl methyl sites for hydroxylation is 4. The van der Waals surface area contributed by atoms with Crippen LogP contribution in [0.25, 0.3) is 0 Å². The minimum atomic E-state index is 0.636. The summed E-state index contributed by atoms with van der Waals surface area (Å²) in [6, 6.07) is 8.91. The van der Waals surface area contributed by atoms with Crippen molar-refractivity contribution in [2.45, 2.75) is 33.1 Å². The first-order valence-electron chi connectivity index (χ1n) is 9.99. The van der Waals surface area contributed by atoms with E-state index in [4.69, 9.17) is 17.0 Å². The summed E-state index contributed by atoms with van der Waals surface area (Å²) in [5.41, 5.74) is 7.28. The molecule has 2 aromatic rings. The number of hydrogen-bond acceptors (Lipinski definition) is 4. The lowest BCUT2D eigenvalue weighted by atomic mass is 10.1. The van der Waals surface area contributed by atoms with Crippen LogP contribution < -0.4 is 15.0 Å². The number of nitrogens with zero attached hydrogens (tertiary/aromatic N) is 3. The largest absolute Gasteiger partial charge is 0.480 e. The van der Waals surface area contributed by atoms with Gasteiger partial charge in [0.05, 0.1) is 7.11 Å². The number of benzene rings is 1. The molecule has 0 saturated carbocycles. The van der Waals surface area contributed by atoms with Crippen LogP contribution >= 0.6 is 12.2 Å². The van der Waals surface area contributed by atoms with Crippen LogP contribution in [0.5, 0.6) is 5.88 Å². The third-order valence-corrected chi connectivity index (χ3v) is 5.95. The van der Waals surface area contributed by atoms with Gasteiger partial charge in [-0.15, -0.1) is 0 Å². The maximum absolute atomic E-state index is 5.70. The van der Waals surface area contributed by atoms with Crippen LogP contribution in [0.2, 0.25) is 0 Å². The van der Waals surface area contributed by atoms with E-state index in [0.717, 1.165) is 55.5 Å². The van der Waals surface area contributed by atoms with E-state index in [1.807, 2.05) is 0 Å². The van der Waals surface area contributed by atoms with E-state index in [9.17, 15) is 0 Å². The minimum Gasteiger partial charge on any atom is -0.480 e. The van der Waals surface area contributed by atoms with Gasteiger partial charge in [-0.2, -0.15) is 0 Å². The van der Waals surface area contributed by atoms with Crippen LogP contribution in [0.3, 0.4) is 0 Å². The summed E-state index contributed by atoms with van der Waals surface area (Å²) in [5.74, 6) is 0.636. The van der Waals surface area contributed by atoms with Gasteiger partial charge in [0.2, 0.25) is 5.88 Å². The number of thiocarbonyl (C=S) groups is 1. The zero-order valence-electron chi connectivity index (χ0n) is 16.9. The normalized spacial score (nSPS) is 16.1. The van der Waals surface area contributed by atoms with Gasteiger partial charge >= 0.3 is 0 Å². The van der Waals surface area contributed by atoms with E-state index in [1.54, 1.807) is 7.11 Å². The van der Waals surface area contributed by atoms with Crippen LogP contribution in [0.15, 0.2) is 24.3 Å². The fraction of sp³-hybridized carbons (Fsp3) is 0.455. The van der Waals surface area contributed by atoms with Crippen LogP contribution in [0.4, 0.5) is 11.4 Å². The van der Waals surface area contributed by atoms with Crippen molar-refractivity contribution in [2.24, 2.45) is 0 Å². The molecule has 0 radical (unpaired) electrons. The zero-order valence-corrected chi connectivity index (χ0v) is 17.7. The second-order valence-electron chi connectivity index (χ2n) is 7.75. The van der Waals surface area contributed by atoms with Crippen LogP contribution in [0.1, 0.15) is 28.8 Å². The molecule has 1 aliphatic carbocycles. The molecular weight excluding hydrogens is 368 g/mol. The maximum Gasteiger partial charge on any atom is 0.237 e. The molecule has 148 valence electrons. The molecule has 1 N–H and O–H groups in total. The Labute approximate surface area is 172 Å². The Bertz CT molecular complexity index is 870. The lowest BCUT2D eigenvalue weighted by Crippen LogP contribution is -2.50. The van der Waals surface area contributed by atoms with Gasteiger partial charge in [-0.25, -0.2) is 4.98 Å². The lowest BCUT2D eigenvalue weighted by Gasteiger charge is -2.37. The van der Waals surface area contributed by atoms with Gasteiger partial charge in [0, 0.05) is 37.6 Å². The minimum absolute atomic E-state index is 0.636.